The second-order valence-corrected chi connectivity index (χ2v) is 9.87. The number of aromatic nitrogens is 3. The molecule has 0 radical (unpaired) electrons. The number of nitrogens with zero attached hydrogens (tertiary/aromatic N) is 5. The molecule has 0 spiro atoms. The lowest BCUT2D eigenvalue weighted by Crippen LogP contribution is -2.48. The maximum Gasteiger partial charge on any atom is 0.393 e. The maximum absolute atomic E-state index is 13.2. The van der Waals surface area contributed by atoms with E-state index >= 15 is 0 Å². The van der Waals surface area contributed by atoms with Crippen LogP contribution in [0.2, 0.25) is 0 Å². The van der Waals surface area contributed by atoms with Crippen LogP contribution in [0.4, 0.5) is 19.0 Å². The third-order valence-corrected chi connectivity index (χ3v) is 7.08. The summed E-state index contributed by atoms with van der Waals surface area (Å²) in [5, 5.41) is 17.9. The van der Waals surface area contributed by atoms with Crippen LogP contribution in [0, 0.1) is 25.2 Å². The number of piperidine rings is 1. The summed E-state index contributed by atoms with van der Waals surface area (Å²) in [5.41, 5.74) is 1.75. The molecule has 4 heterocycles. The van der Waals surface area contributed by atoms with Crippen molar-refractivity contribution in [3.05, 3.63) is 34.6 Å². The first-order chi connectivity index (χ1) is 17.7. The summed E-state index contributed by atoms with van der Waals surface area (Å²) in [6.45, 7) is 6.51. The minimum absolute atomic E-state index is 0.0143. The smallest absolute Gasteiger partial charge is 0.380 e. The van der Waals surface area contributed by atoms with Gasteiger partial charge in [0.2, 0.25) is 0 Å². The van der Waals surface area contributed by atoms with Crippen LogP contribution < -0.4 is 10.2 Å². The number of aryl methyl sites for hydroxylation is 2. The molecule has 2 aliphatic heterocycles. The minimum Gasteiger partial charge on any atom is -0.380 e. The molecule has 2 aliphatic rings. The molecule has 0 amide bonds. The summed E-state index contributed by atoms with van der Waals surface area (Å²) in [5.74, 6) is 1.31. The van der Waals surface area contributed by atoms with Crippen LogP contribution in [0.25, 0.3) is 22.4 Å². The molecule has 3 aromatic rings. The number of benzene rings is 1. The second-order valence-electron chi connectivity index (χ2n) is 9.87. The molecule has 1 aromatic carbocycles. The lowest BCUT2D eigenvalue weighted by atomic mass is 9.96. The van der Waals surface area contributed by atoms with E-state index < -0.39 is 12.6 Å². The third-order valence-electron chi connectivity index (χ3n) is 7.08. The second kappa shape index (κ2) is 10.3. The summed E-state index contributed by atoms with van der Waals surface area (Å²) >= 11 is 0. The van der Waals surface area contributed by atoms with Gasteiger partial charge in [0, 0.05) is 37.2 Å². The van der Waals surface area contributed by atoms with Gasteiger partial charge in [-0.05, 0) is 62.8 Å². The van der Waals surface area contributed by atoms with Crippen LogP contribution in [0.15, 0.2) is 16.7 Å². The highest BCUT2D eigenvalue weighted by Gasteiger charge is 2.31. The average molecular weight is 515 g/mol. The molecular weight excluding hydrogens is 485 g/mol. The Morgan fingerprint density at radius 2 is 1.92 bits per heavy atom. The number of ether oxygens (including phenoxy) is 1. The predicted octanol–water partition coefficient (Wildman–Crippen LogP) is 4.62. The first kappa shape index (κ1) is 25.4. The highest BCUT2D eigenvalue weighted by molar-refractivity contribution is 5.95. The lowest BCUT2D eigenvalue weighted by molar-refractivity contribution is -0.127. The Morgan fingerprint density at radius 1 is 1.14 bits per heavy atom. The van der Waals surface area contributed by atoms with Crippen molar-refractivity contribution in [2.45, 2.75) is 64.2 Å². The van der Waals surface area contributed by atoms with Gasteiger partial charge in [-0.1, -0.05) is 5.16 Å². The van der Waals surface area contributed by atoms with E-state index in [1.807, 2.05) is 6.07 Å². The van der Waals surface area contributed by atoms with Gasteiger partial charge in [-0.15, -0.1) is 0 Å². The quantitative estimate of drug-likeness (QED) is 0.527. The van der Waals surface area contributed by atoms with Gasteiger partial charge in [-0.3, -0.25) is 0 Å². The first-order valence-corrected chi connectivity index (χ1v) is 12.6. The number of nitrogens with one attached hydrogen (secondary N) is 1. The highest BCUT2D eigenvalue weighted by atomic mass is 19.4. The van der Waals surface area contributed by atoms with E-state index in [4.69, 9.17) is 14.2 Å². The van der Waals surface area contributed by atoms with Crippen molar-refractivity contribution < 1.29 is 22.4 Å². The molecule has 0 bridgehead atoms. The number of nitriles is 1. The maximum atomic E-state index is 13.2. The van der Waals surface area contributed by atoms with Gasteiger partial charge < -0.3 is 19.5 Å². The molecule has 5 rings (SSSR count). The molecule has 1 atom stereocenters. The van der Waals surface area contributed by atoms with Gasteiger partial charge in [0.15, 0.2) is 5.82 Å². The van der Waals surface area contributed by atoms with E-state index in [1.54, 1.807) is 13.8 Å². The molecule has 11 heteroatoms. The Kier molecular flexibility index (Phi) is 7.05. The van der Waals surface area contributed by atoms with Crippen molar-refractivity contribution in [3.63, 3.8) is 0 Å². The van der Waals surface area contributed by atoms with Gasteiger partial charge in [-0.25, -0.2) is 4.98 Å². The van der Waals surface area contributed by atoms with Gasteiger partial charge in [0.1, 0.15) is 11.9 Å². The fourth-order valence-corrected chi connectivity index (χ4v) is 5.33. The van der Waals surface area contributed by atoms with E-state index in [-0.39, 0.29) is 17.0 Å². The summed E-state index contributed by atoms with van der Waals surface area (Å²) in [6, 6.07) is 5.52. The molecule has 2 fully saturated rings. The van der Waals surface area contributed by atoms with E-state index in [9.17, 15) is 18.4 Å². The van der Waals surface area contributed by atoms with Gasteiger partial charge >= 0.3 is 6.18 Å². The standard InChI is InChI=1S/C26H29F3N6O2/c1-15-21-11-17(12-26(27,28)29)10-18(13-30)23(21)33-24(22(15)25-31-16(2)34-37-25)35-7-5-19(6-8-35)32-20-4-3-9-36-14-20/h10-11,19-20,32H,3-9,12,14H2,1-2H3/t20-/m1/s1. The number of fused-ring (bicyclic) bond motifs is 1. The van der Waals surface area contributed by atoms with Gasteiger partial charge in [0.05, 0.1) is 29.7 Å². The van der Waals surface area contributed by atoms with E-state index in [0.29, 0.717) is 45.8 Å². The molecule has 0 unspecified atom stereocenters. The zero-order chi connectivity index (χ0) is 26.2. The van der Waals surface area contributed by atoms with Crippen molar-refractivity contribution in [2.75, 3.05) is 31.2 Å². The molecule has 2 saturated heterocycles. The van der Waals surface area contributed by atoms with E-state index in [1.165, 1.54) is 12.1 Å². The Hall–Kier alpha value is -3.23. The normalized spacial score (nSPS) is 19.4. The Balaban J connectivity index is 1.52. The molecule has 1 N–H and O–H groups in total. The zero-order valence-electron chi connectivity index (χ0n) is 20.9. The molecular formula is C26H29F3N6O2. The van der Waals surface area contributed by atoms with Crippen LogP contribution in [0.1, 0.15) is 48.2 Å². The summed E-state index contributed by atoms with van der Waals surface area (Å²) in [7, 11) is 0. The van der Waals surface area contributed by atoms with Crippen LogP contribution in [0.3, 0.4) is 0 Å². The predicted molar refractivity (Wildman–Crippen MR) is 131 cm³/mol. The summed E-state index contributed by atoms with van der Waals surface area (Å²) in [4.78, 5) is 11.4. The molecule has 2 aromatic heterocycles. The minimum atomic E-state index is -4.39. The number of halogens is 3. The highest BCUT2D eigenvalue weighted by Crippen LogP contribution is 2.39. The molecule has 37 heavy (non-hydrogen) atoms. The SMILES string of the molecule is Cc1noc(-c2c(N3CCC(N[C@@H]4CCCOC4)CC3)nc3c(C#N)cc(CC(F)(F)F)cc3c2C)n1. The van der Waals surface area contributed by atoms with Crippen LogP contribution in [0.5, 0.6) is 0 Å². The Labute approximate surface area is 212 Å². The summed E-state index contributed by atoms with van der Waals surface area (Å²) < 4.78 is 50.6. The van der Waals surface area contributed by atoms with Crippen molar-refractivity contribution >= 4 is 16.7 Å². The molecule has 196 valence electrons. The van der Waals surface area contributed by atoms with E-state index in [2.05, 4.69) is 20.4 Å². The molecule has 0 aliphatic carbocycles. The zero-order valence-corrected chi connectivity index (χ0v) is 20.9. The number of pyridine rings is 1. The first-order valence-electron chi connectivity index (χ1n) is 12.6. The van der Waals surface area contributed by atoms with Crippen molar-refractivity contribution in [1.29, 1.82) is 5.26 Å². The molecule has 0 saturated carbocycles. The number of alkyl halides is 3. The van der Waals surface area contributed by atoms with Crippen molar-refractivity contribution in [1.82, 2.24) is 20.4 Å². The Morgan fingerprint density at radius 3 is 2.54 bits per heavy atom. The van der Waals surface area contributed by atoms with Crippen molar-refractivity contribution in [3.8, 4) is 17.5 Å². The van der Waals surface area contributed by atoms with Gasteiger partial charge in [0.25, 0.3) is 5.89 Å². The fourth-order valence-electron chi connectivity index (χ4n) is 5.33. The fraction of sp³-hybridized carbons (Fsp3) is 0.538. The van der Waals surface area contributed by atoms with Crippen LogP contribution >= 0.6 is 0 Å². The number of hydrogen-bond donors (Lipinski definition) is 1. The van der Waals surface area contributed by atoms with Crippen LogP contribution in [-0.2, 0) is 11.2 Å². The van der Waals surface area contributed by atoms with Gasteiger partial charge in [-0.2, -0.15) is 23.4 Å². The summed E-state index contributed by atoms with van der Waals surface area (Å²) in [6.07, 6.45) is -1.55. The number of hydrogen-bond acceptors (Lipinski definition) is 8. The van der Waals surface area contributed by atoms with Crippen LogP contribution in [-0.4, -0.2) is 59.7 Å². The molecule has 8 nitrogen and oxygen atoms in total. The third kappa shape index (κ3) is 5.55. The number of anilines is 1. The Bertz CT molecular complexity index is 1320. The van der Waals surface area contributed by atoms with Crippen molar-refractivity contribution in [2.24, 2.45) is 0 Å². The monoisotopic (exact) mass is 514 g/mol. The van der Waals surface area contributed by atoms with E-state index in [0.717, 1.165) is 52.0 Å². The average Bonchev–Trinajstić information content (AvgIpc) is 3.29. The topological polar surface area (TPSA) is 100 Å². The largest absolute Gasteiger partial charge is 0.393 e. The number of rotatable bonds is 5. The lowest BCUT2D eigenvalue weighted by Gasteiger charge is -2.36.